The van der Waals surface area contributed by atoms with Crippen molar-refractivity contribution in [3.05, 3.63) is 28.8 Å². The highest BCUT2D eigenvalue weighted by atomic mass is 16.3. The molecule has 1 amide bonds. The van der Waals surface area contributed by atoms with Gasteiger partial charge in [0.25, 0.3) is 0 Å². The number of nitrogens with two attached hydrogens (primary N) is 1. The molecule has 3 nitrogen and oxygen atoms in total. The molecule has 1 aromatic carbocycles. The average molecular weight is 207 g/mol. The van der Waals surface area contributed by atoms with Gasteiger partial charge in [0.1, 0.15) is 5.75 Å². The van der Waals surface area contributed by atoms with E-state index in [-0.39, 0.29) is 5.91 Å². The molecule has 0 aliphatic carbocycles. The molecule has 0 aliphatic heterocycles. The Morgan fingerprint density at radius 1 is 1.40 bits per heavy atom. The van der Waals surface area contributed by atoms with E-state index in [0.29, 0.717) is 25.0 Å². The second kappa shape index (κ2) is 4.82. The second-order valence-corrected chi connectivity index (χ2v) is 3.90. The number of phenols is 1. The summed E-state index contributed by atoms with van der Waals surface area (Å²) in [6.45, 7) is 3.91. The topological polar surface area (TPSA) is 63.3 Å². The molecule has 0 unspecified atom stereocenters. The summed E-state index contributed by atoms with van der Waals surface area (Å²) in [7, 11) is 0. The number of hydrogen-bond donors (Lipinski definition) is 2. The molecule has 0 aromatic heterocycles. The fourth-order valence-corrected chi connectivity index (χ4v) is 1.74. The summed E-state index contributed by atoms with van der Waals surface area (Å²) in [6, 6.07) is 3.77. The van der Waals surface area contributed by atoms with Crippen LogP contribution < -0.4 is 5.73 Å². The molecular weight excluding hydrogens is 190 g/mol. The first-order chi connectivity index (χ1) is 7.00. The van der Waals surface area contributed by atoms with Crippen LogP contribution in [0.25, 0.3) is 0 Å². The molecule has 0 radical (unpaired) electrons. The summed E-state index contributed by atoms with van der Waals surface area (Å²) in [4.78, 5) is 10.6. The predicted octanol–water partition coefficient (Wildman–Crippen LogP) is 1.82. The molecule has 82 valence electrons. The first-order valence-electron chi connectivity index (χ1n) is 5.08. The van der Waals surface area contributed by atoms with E-state index in [1.807, 2.05) is 19.9 Å². The first-order valence-corrected chi connectivity index (χ1v) is 5.08. The van der Waals surface area contributed by atoms with E-state index in [9.17, 15) is 9.90 Å². The first kappa shape index (κ1) is 11.6. The number of benzene rings is 1. The highest BCUT2D eigenvalue weighted by molar-refractivity contribution is 5.73. The van der Waals surface area contributed by atoms with E-state index >= 15 is 0 Å². The van der Waals surface area contributed by atoms with Gasteiger partial charge in [0.2, 0.25) is 5.91 Å². The number of phenolic OH excluding ortho intramolecular Hbond substituents is 1. The van der Waals surface area contributed by atoms with Crippen LogP contribution in [0.5, 0.6) is 5.75 Å². The Kier molecular flexibility index (Phi) is 3.72. The van der Waals surface area contributed by atoms with Crippen molar-refractivity contribution in [1.29, 1.82) is 0 Å². The van der Waals surface area contributed by atoms with Gasteiger partial charge in [0.05, 0.1) is 0 Å². The number of aryl methyl sites for hydroxylation is 2. The van der Waals surface area contributed by atoms with Crippen LogP contribution in [0.15, 0.2) is 12.1 Å². The maximum Gasteiger partial charge on any atom is 0.217 e. The van der Waals surface area contributed by atoms with Crippen LogP contribution >= 0.6 is 0 Å². The normalized spacial score (nSPS) is 10.3. The summed E-state index contributed by atoms with van der Waals surface area (Å²) in [6.07, 6.45) is 1.75. The zero-order chi connectivity index (χ0) is 11.4. The zero-order valence-corrected chi connectivity index (χ0v) is 9.21. The van der Waals surface area contributed by atoms with Crippen molar-refractivity contribution in [3.63, 3.8) is 0 Å². The minimum Gasteiger partial charge on any atom is -0.508 e. The number of hydrogen-bond acceptors (Lipinski definition) is 2. The maximum atomic E-state index is 10.6. The second-order valence-electron chi connectivity index (χ2n) is 3.90. The molecule has 15 heavy (non-hydrogen) atoms. The molecule has 0 spiro atoms. The minimum absolute atomic E-state index is 0.292. The van der Waals surface area contributed by atoms with Crippen molar-refractivity contribution in [2.45, 2.75) is 33.1 Å². The van der Waals surface area contributed by atoms with E-state index in [0.717, 1.165) is 16.7 Å². The molecule has 3 N–H and O–H groups in total. The number of amides is 1. The maximum absolute atomic E-state index is 10.6. The number of primary amides is 1. The summed E-state index contributed by atoms with van der Waals surface area (Å²) in [5, 5.41) is 9.72. The van der Waals surface area contributed by atoms with E-state index in [1.54, 1.807) is 6.07 Å². The summed E-state index contributed by atoms with van der Waals surface area (Å²) in [5.41, 5.74) is 8.09. The highest BCUT2D eigenvalue weighted by Gasteiger charge is 2.06. The molecule has 0 heterocycles. The summed E-state index contributed by atoms with van der Waals surface area (Å²) in [5.74, 6) is 0.0243. The van der Waals surface area contributed by atoms with Crippen molar-refractivity contribution in [3.8, 4) is 5.75 Å². The van der Waals surface area contributed by atoms with Crippen molar-refractivity contribution >= 4 is 5.91 Å². The van der Waals surface area contributed by atoms with E-state index in [4.69, 9.17) is 5.73 Å². The van der Waals surface area contributed by atoms with Gasteiger partial charge >= 0.3 is 0 Å². The van der Waals surface area contributed by atoms with Gasteiger partial charge in [0, 0.05) is 6.42 Å². The molecule has 0 saturated carbocycles. The van der Waals surface area contributed by atoms with Crippen LogP contribution in [0.4, 0.5) is 0 Å². The van der Waals surface area contributed by atoms with Gasteiger partial charge < -0.3 is 10.8 Å². The van der Waals surface area contributed by atoms with Crippen molar-refractivity contribution < 1.29 is 9.90 Å². The molecule has 0 atom stereocenters. The molecule has 0 aliphatic rings. The smallest absolute Gasteiger partial charge is 0.217 e. The quantitative estimate of drug-likeness (QED) is 0.791. The van der Waals surface area contributed by atoms with Gasteiger partial charge in [-0.25, -0.2) is 0 Å². The zero-order valence-electron chi connectivity index (χ0n) is 9.21. The van der Waals surface area contributed by atoms with Crippen LogP contribution in [-0.2, 0) is 11.2 Å². The Hall–Kier alpha value is -1.51. The van der Waals surface area contributed by atoms with Crippen molar-refractivity contribution in [2.75, 3.05) is 0 Å². The number of carbonyl (C=O) groups is 1. The van der Waals surface area contributed by atoms with Crippen LogP contribution in [-0.4, -0.2) is 11.0 Å². The molecule has 1 rings (SSSR count). The third kappa shape index (κ3) is 3.27. The Labute approximate surface area is 89.9 Å². The molecular formula is C12H17NO2. The Balaban J connectivity index is 2.72. The molecule has 0 fully saturated rings. The van der Waals surface area contributed by atoms with Gasteiger partial charge in [-0.05, 0) is 49.4 Å². The monoisotopic (exact) mass is 207 g/mol. The molecule has 1 aromatic rings. The van der Waals surface area contributed by atoms with Crippen molar-refractivity contribution in [1.82, 2.24) is 0 Å². The van der Waals surface area contributed by atoms with E-state index < -0.39 is 0 Å². The van der Waals surface area contributed by atoms with E-state index in [2.05, 4.69) is 0 Å². The molecule has 0 saturated heterocycles. The average Bonchev–Trinajstić information content (AvgIpc) is 2.08. The number of aromatic hydroxyl groups is 1. The van der Waals surface area contributed by atoms with Gasteiger partial charge in [0.15, 0.2) is 0 Å². The van der Waals surface area contributed by atoms with Gasteiger partial charge in [-0.3, -0.25) is 4.79 Å². The standard InChI is InChI=1S/C12H17NO2/c1-8-6-9(2)10(11(14)7-8)4-3-5-12(13)15/h6-7,14H,3-5H2,1-2H3,(H2,13,15). The number of rotatable bonds is 4. The summed E-state index contributed by atoms with van der Waals surface area (Å²) >= 11 is 0. The fourth-order valence-electron chi connectivity index (χ4n) is 1.74. The minimum atomic E-state index is -0.292. The largest absolute Gasteiger partial charge is 0.508 e. The van der Waals surface area contributed by atoms with Crippen LogP contribution in [0, 0.1) is 13.8 Å². The third-order valence-electron chi connectivity index (χ3n) is 2.44. The highest BCUT2D eigenvalue weighted by Crippen LogP contribution is 2.24. The van der Waals surface area contributed by atoms with Crippen LogP contribution in [0.2, 0.25) is 0 Å². The molecule has 3 heteroatoms. The SMILES string of the molecule is Cc1cc(C)c(CCCC(N)=O)c(O)c1. The lowest BCUT2D eigenvalue weighted by Gasteiger charge is -2.09. The Bertz CT molecular complexity index is 349. The molecule has 0 bridgehead atoms. The lowest BCUT2D eigenvalue weighted by Crippen LogP contribution is -2.10. The predicted molar refractivity (Wildman–Crippen MR) is 59.7 cm³/mol. The van der Waals surface area contributed by atoms with Gasteiger partial charge in [-0.15, -0.1) is 0 Å². The third-order valence-corrected chi connectivity index (χ3v) is 2.44. The lowest BCUT2D eigenvalue weighted by atomic mass is 9.99. The lowest BCUT2D eigenvalue weighted by molar-refractivity contribution is -0.118. The van der Waals surface area contributed by atoms with Gasteiger partial charge in [-0.1, -0.05) is 6.07 Å². The van der Waals surface area contributed by atoms with Gasteiger partial charge in [-0.2, -0.15) is 0 Å². The van der Waals surface area contributed by atoms with E-state index in [1.165, 1.54) is 0 Å². The Morgan fingerprint density at radius 3 is 2.60 bits per heavy atom. The van der Waals surface area contributed by atoms with Crippen LogP contribution in [0.3, 0.4) is 0 Å². The van der Waals surface area contributed by atoms with Crippen molar-refractivity contribution in [2.24, 2.45) is 5.73 Å². The fraction of sp³-hybridized carbons (Fsp3) is 0.417. The van der Waals surface area contributed by atoms with Crippen LogP contribution in [0.1, 0.15) is 29.5 Å². The number of carbonyl (C=O) groups excluding carboxylic acids is 1. The Morgan fingerprint density at radius 2 is 2.07 bits per heavy atom. The summed E-state index contributed by atoms with van der Waals surface area (Å²) < 4.78 is 0.